The lowest BCUT2D eigenvalue weighted by atomic mass is 9.72. The summed E-state index contributed by atoms with van der Waals surface area (Å²) < 4.78 is 24.0. The molecule has 0 spiro atoms. The highest BCUT2D eigenvalue weighted by atomic mass is 16.7. The number of benzene rings is 2. The topological polar surface area (TPSA) is 77.4 Å². The van der Waals surface area contributed by atoms with Crippen molar-refractivity contribution in [2.45, 2.75) is 24.4 Å². The molecule has 4 atom stereocenters. The minimum absolute atomic E-state index is 0.215. The molecule has 2 aliphatic rings. The van der Waals surface area contributed by atoms with Gasteiger partial charge in [-0.05, 0) is 10.9 Å². The quantitative estimate of drug-likeness (QED) is 0.710. The molecular weight excluding hydrogens is 334 g/mol. The van der Waals surface area contributed by atoms with Crippen LogP contribution in [0.3, 0.4) is 0 Å². The Kier molecular flexibility index (Phi) is 5.40. The van der Waals surface area contributed by atoms with E-state index in [2.05, 4.69) is 0 Å². The van der Waals surface area contributed by atoms with E-state index in [0.29, 0.717) is 0 Å². The van der Waals surface area contributed by atoms with Crippen LogP contribution in [0, 0.1) is 0 Å². The number of hydrogen-bond acceptors (Lipinski definition) is 6. The molecule has 2 fully saturated rings. The van der Waals surface area contributed by atoms with Crippen LogP contribution in [0.4, 0.5) is 0 Å². The van der Waals surface area contributed by atoms with Gasteiger partial charge in [-0.15, -0.1) is 0 Å². The zero-order chi connectivity index (χ0) is 17.9. The Balaban J connectivity index is 1.59. The molecule has 8 heteroatoms. The van der Waals surface area contributed by atoms with Gasteiger partial charge in [0.15, 0.2) is 0 Å². The summed E-state index contributed by atoms with van der Waals surface area (Å²) in [7, 11) is -1.30. The largest absolute Gasteiger partial charge is 0.494 e. The van der Waals surface area contributed by atoms with Gasteiger partial charge in [0, 0.05) is 0 Å². The Morgan fingerprint density at radius 1 is 0.615 bits per heavy atom. The highest BCUT2D eigenvalue weighted by molar-refractivity contribution is 6.62. The maximum atomic E-state index is 9.85. The summed E-state index contributed by atoms with van der Waals surface area (Å²) >= 11 is 0. The first-order chi connectivity index (χ1) is 12.8. The Labute approximate surface area is 152 Å². The summed E-state index contributed by atoms with van der Waals surface area (Å²) in [6.07, 6.45) is -2.25. The maximum absolute atomic E-state index is 9.85. The van der Waals surface area contributed by atoms with Gasteiger partial charge in [-0.2, -0.15) is 0 Å². The first kappa shape index (κ1) is 17.7. The molecule has 2 aromatic carbocycles. The minimum atomic E-state index is -0.649. The lowest BCUT2D eigenvalue weighted by Crippen LogP contribution is -2.68. The second-order valence-corrected chi connectivity index (χ2v) is 6.40. The monoisotopic (exact) mass is 354 g/mol. The van der Waals surface area contributed by atoms with Crippen molar-refractivity contribution in [1.29, 1.82) is 0 Å². The van der Waals surface area contributed by atoms with Crippen molar-refractivity contribution in [3.8, 4) is 0 Å². The van der Waals surface area contributed by atoms with Gasteiger partial charge in [0.25, 0.3) is 0 Å². The summed E-state index contributed by atoms with van der Waals surface area (Å²) in [6.45, 7) is -0.430. The summed E-state index contributed by atoms with van der Waals surface area (Å²) in [5, 5.41) is 19.7. The van der Waals surface area contributed by atoms with E-state index >= 15 is 0 Å². The number of hydrogen-bond donors (Lipinski definition) is 2. The van der Waals surface area contributed by atoms with E-state index in [9.17, 15) is 10.2 Å². The van der Waals surface area contributed by atoms with Crippen molar-refractivity contribution >= 4 is 25.2 Å². The molecule has 0 aromatic heterocycles. The predicted octanol–water partition coefficient (Wildman–Crippen LogP) is -0.670. The highest BCUT2D eigenvalue weighted by Gasteiger charge is 2.52. The molecule has 0 bridgehead atoms. The molecule has 2 aromatic rings. The molecular formula is C18H20B2O6. The summed E-state index contributed by atoms with van der Waals surface area (Å²) in [5.74, 6) is 0. The SMILES string of the molecule is OCC1OB(c2ccccc2)OC2[C@@H]1OB(c1ccccc1)O[C@@H]2CO. The molecule has 0 saturated carbocycles. The van der Waals surface area contributed by atoms with Crippen LogP contribution in [0.25, 0.3) is 0 Å². The lowest BCUT2D eigenvalue weighted by molar-refractivity contribution is -0.166. The zero-order valence-electron chi connectivity index (χ0n) is 14.2. The van der Waals surface area contributed by atoms with Gasteiger partial charge in [-0.1, -0.05) is 60.7 Å². The van der Waals surface area contributed by atoms with Crippen molar-refractivity contribution < 1.29 is 28.8 Å². The molecule has 0 radical (unpaired) electrons. The highest BCUT2D eigenvalue weighted by Crippen LogP contribution is 2.28. The van der Waals surface area contributed by atoms with Crippen LogP contribution in [-0.4, -0.2) is 62.1 Å². The van der Waals surface area contributed by atoms with Crippen LogP contribution in [0.15, 0.2) is 60.7 Å². The van der Waals surface area contributed by atoms with Crippen LogP contribution < -0.4 is 10.9 Å². The van der Waals surface area contributed by atoms with Gasteiger partial charge in [0.05, 0.1) is 37.6 Å². The molecule has 2 saturated heterocycles. The predicted molar refractivity (Wildman–Crippen MR) is 97.3 cm³/mol. The Morgan fingerprint density at radius 2 is 1.00 bits per heavy atom. The van der Waals surface area contributed by atoms with Crippen molar-refractivity contribution in [2.24, 2.45) is 0 Å². The van der Waals surface area contributed by atoms with Crippen LogP contribution >= 0.6 is 0 Å². The molecule has 2 heterocycles. The van der Waals surface area contributed by atoms with E-state index in [0.717, 1.165) is 10.9 Å². The minimum Gasteiger partial charge on any atom is -0.399 e. The zero-order valence-corrected chi connectivity index (χ0v) is 14.2. The fourth-order valence-corrected chi connectivity index (χ4v) is 3.40. The molecule has 6 nitrogen and oxygen atoms in total. The lowest BCUT2D eigenvalue weighted by Gasteiger charge is -2.47. The molecule has 4 rings (SSSR count). The second-order valence-electron chi connectivity index (χ2n) is 6.40. The van der Waals surface area contributed by atoms with E-state index < -0.39 is 38.7 Å². The van der Waals surface area contributed by atoms with Crippen LogP contribution in [0.5, 0.6) is 0 Å². The third-order valence-corrected chi connectivity index (χ3v) is 4.72. The summed E-state index contributed by atoms with van der Waals surface area (Å²) in [6, 6.07) is 19.0. The molecule has 0 aliphatic carbocycles. The van der Waals surface area contributed by atoms with Gasteiger partial charge in [-0.25, -0.2) is 0 Å². The second kappa shape index (κ2) is 7.92. The first-order valence-electron chi connectivity index (χ1n) is 8.73. The average Bonchev–Trinajstić information content (AvgIpc) is 2.73. The smallest absolute Gasteiger partial charge is 0.399 e. The van der Waals surface area contributed by atoms with E-state index in [4.69, 9.17) is 18.6 Å². The Hall–Kier alpha value is -1.67. The van der Waals surface area contributed by atoms with Crippen molar-refractivity contribution in [3.05, 3.63) is 60.7 Å². The number of rotatable bonds is 4. The van der Waals surface area contributed by atoms with E-state index in [-0.39, 0.29) is 13.2 Å². The third-order valence-electron chi connectivity index (χ3n) is 4.72. The fraction of sp³-hybridized carbons (Fsp3) is 0.333. The maximum Gasteiger partial charge on any atom is 0.494 e. The Morgan fingerprint density at radius 3 is 1.35 bits per heavy atom. The number of aliphatic hydroxyl groups is 2. The van der Waals surface area contributed by atoms with Crippen LogP contribution in [0.1, 0.15) is 0 Å². The van der Waals surface area contributed by atoms with Gasteiger partial charge >= 0.3 is 14.2 Å². The number of aliphatic hydroxyl groups excluding tert-OH is 2. The molecule has 134 valence electrons. The third kappa shape index (κ3) is 3.44. The molecule has 26 heavy (non-hydrogen) atoms. The molecule has 0 amide bonds. The average molecular weight is 354 g/mol. The molecule has 2 unspecified atom stereocenters. The van der Waals surface area contributed by atoms with Crippen molar-refractivity contribution in [2.75, 3.05) is 13.2 Å². The first-order valence-corrected chi connectivity index (χ1v) is 8.73. The van der Waals surface area contributed by atoms with E-state index in [1.54, 1.807) is 0 Å². The van der Waals surface area contributed by atoms with Crippen LogP contribution in [-0.2, 0) is 18.6 Å². The van der Waals surface area contributed by atoms with Gasteiger partial charge in [-0.3, -0.25) is 0 Å². The Bertz CT molecular complexity index is 642. The van der Waals surface area contributed by atoms with E-state index in [1.165, 1.54) is 0 Å². The summed E-state index contributed by atoms with van der Waals surface area (Å²) in [5.41, 5.74) is 1.68. The normalized spacial score (nSPS) is 28.7. The van der Waals surface area contributed by atoms with Gasteiger partial charge in [0.1, 0.15) is 0 Å². The van der Waals surface area contributed by atoms with Gasteiger partial charge < -0.3 is 28.8 Å². The van der Waals surface area contributed by atoms with Crippen molar-refractivity contribution in [3.63, 3.8) is 0 Å². The standard InChI is InChI=1S/C18H20B2O6/c21-11-15-18-17(25-19(23-15)13-7-3-1-4-8-13)16(12-22)24-20(26-18)14-9-5-2-6-10-14/h1-10,15-18,21-22H,11-12H2/t15-,16?,17-,18?/m1/s1. The van der Waals surface area contributed by atoms with Crippen LogP contribution in [0.2, 0.25) is 0 Å². The molecule has 2 aliphatic heterocycles. The summed E-state index contributed by atoms with van der Waals surface area (Å²) in [4.78, 5) is 0. The molecule has 2 N–H and O–H groups in total. The van der Waals surface area contributed by atoms with Crippen molar-refractivity contribution in [1.82, 2.24) is 0 Å². The van der Waals surface area contributed by atoms with E-state index in [1.807, 2.05) is 60.7 Å². The fourth-order valence-electron chi connectivity index (χ4n) is 3.40. The van der Waals surface area contributed by atoms with Gasteiger partial charge in [0.2, 0.25) is 0 Å². The number of fused-ring (bicyclic) bond motifs is 1.